The van der Waals surface area contributed by atoms with Crippen LogP contribution in [0.2, 0.25) is 0 Å². The van der Waals surface area contributed by atoms with E-state index in [4.69, 9.17) is 21.1 Å². The summed E-state index contributed by atoms with van der Waals surface area (Å²) in [4.78, 5) is 0. The Hall–Kier alpha value is 0.210. The lowest BCUT2D eigenvalue weighted by molar-refractivity contribution is -0.0950. The fraction of sp³-hybridized carbons (Fsp3) is 1.00. The fourth-order valence-electron chi connectivity index (χ4n) is 1.38. The van der Waals surface area contributed by atoms with Crippen molar-refractivity contribution in [2.24, 2.45) is 5.92 Å². The van der Waals surface area contributed by atoms with Crippen LogP contribution in [0.25, 0.3) is 0 Å². The summed E-state index contributed by atoms with van der Waals surface area (Å²) in [5.74, 6) is 1.31. The molecule has 2 nitrogen and oxygen atoms in total. The van der Waals surface area contributed by atoms with E-state index in [1.54, 1.807) is 0 Å². The maximum atomic E-state index is 5.79. The molecule has 0 aromatic carbocycles. The van der Waals surface area contributed by atoms with Crippen LogP contribution < -0.4 is 0 Å². The highest BCUT2D eigenvalue weighted by atomic mass is 35.5. The summed E-state index contributed by atoms with van der Waals surface area (Å²) < 4.78 is 10.8. The highest BCUT2D eigenvalue weighted by Crippen LogP contribution is 2.16. The third-order valence-electron chi connectivity index (χ3n) is 2.28. The van der Waals surface area contributed by atoms with Gasteiger partial charge in [-0.1, -0.05) is 13.3 Å². The monoisotopic (exact) mass is 192 g/mol. The van der Waals surface area contributed by atoms with Gasteiger partial charge in [0.2, 0.25) is 0 Å². The van der Waals surface area contributed by atoms with Gasteiger partial charge in [-0.15, -0.1) is 11.6 Å². The summed E-state index contributed by atoms with van der Waals surface area (Å²) >= 11 is 5.79. The Bertz CT molecular complexity index is 109. The van der Waals surface area contributed by atoms with Gasteiger partial charge < -0.3 is 9.47 Å². The summed E-state index contributed by atoms with van der Waals surface area (Å²) in [5, 5.41) is 0. The van der Waals surface area contributed by atoms with E-state index in [9.17, 15) is 0 Å². The molecule has 1 rings (SSSR count). The minimum Gasteiger partial charge on any atom is -0.376 e. The average Bonchev–Trinajstić information content (AvgIpc) is 2.16. The van der Waals surface area contributed by atoms with E-state index in [2.05, 4.69) is 6.92 Å². The van der Waals surface area contributed by atoms with E-state index in [0.717, 1.165) is 38.5 Å². The summed E-state index contributed by atoms with van der Waals surface area (Å²) in [6, 6.07) is 0. The summed E-state index contributed by atoms with van der Waals surface area (Å²) in [5.41, 5.74) is 0. The predicted octanol–water partition coefficient (Wildman–Crippen LogP) is 2.06. The average molecular weight is 193 g/mol. The van der Waals surface area contributed by atoms with Crippen molar-refractivity contribution in [1.29, 1.82) is 0 Å². The van der Waals surface area contributed by atoms with Crippen molar-refractivity contribution < 1.29 is 9.47 Å². The van der Waals surface area contributed by atoms with E-state index in [1.807, 2.05) is 0 Å². The van der Waals surface area contributed by atoms with Crippen LogP contribution in [-0.4, -0.2) is 31.8 Å². The van der Waals surface area contributed by atoms with Gasteiger partial charge in [0.15, 0.2) is 0 Å². The molecule has 0 N–H and O–H groups in total. The number of alkyl halides is 1. The molecule has 1 aliphatic heterocycles. The Labute approximate surface area is 79.2 Å². The van der Waals surface area contributed by atoms with Crippen LogP contribution in [0.15, 0.2) is 0 Å². The molecular weight excluding hydrogens is 176 g/mol. The molecular formula is C9H17ClO2. The topological polar surface area (TPSA) is 18.5 Å². The Morgan fingerprint density at radius 3 is 2.83 bits per heavy atom. The van der Waals surface area contributed by atoms with Crippen LogP contribution in [0, 0.1) is 5.92 Å². The molecule has 1 heterocycles. The molecule has 1 aliphatic rings. The van der Waals surface area contributed by atoms with E-state index in [-0.39, 0.29) is 6.10 Å². The number of rotatable bonds is 4. The van der Waals surface area contributed by atoms with Gasteiger partial charge in [-0.3, -0.25) is 0 Å². The Morgan fingerprint density at radius 1 is 1.50 bits per heavy atom. The largest absolute Gasteiger partial charge is 0.376 e. The van der Waals surface area contributed by atoms with E-state index in [1.165, 1.54) is 0 Å². The van der Waals surface area contributed by atoms with Crippen LogP contribution >= 0.6 is 11.6 Å². The van der Waals surface area contributed by atoms with Gasteiger partial charge in [0.25, 0.3) is 0 Å². The van der Waals surface area contributed by atoms with Crippen molar-refractivity contribution in [2.75, 3.05) is 25.7 Å². The van der Waals surface area contributed by atoms with Crippen molar-refractivity contribution in [1.82, 2.24) is 0 Å². The second-order valence-corrected chi connectivity index (χ2v) is 3.54. The van der Waals surface area contributed by atoms with Gasteiger partial charge in [-0.2, -0.15) is 0 Å². The first kappa shape index (κ1) is 10.3. The zero-order valence-electron chi connectivity index (χ0n) is 7.59. The molecule has 2 unspecified atom stereocenters. The maximum absolute atomic E-state index is 5.79. The SMILES string of the molecule is CCC(CCl)CC1COCCO1. The number of halogens is 1. The molecule has 72 valence electrons. The van der Waals surface area contributed by atoms with Crippen LogP contribution in [0.4, 0.5) is 0 Å². The molecule has 0 bridgehead atoms. The van der Waals surface area contributed by atoms with Gasteiger partial charge in [0, 0.05) is 5.88 Å². The molecule has 0 aromatic heterocycles. The Balaban J connectivity index is 2.18. The molecule has 0 amide bonds. The van der Waals surface area contributed by atoms with Gasteiger partial charge in [0.05, 0.1) is 25.9 Å². The van der Waals surface area contributed by atoms with E-state index in [0.29, 0.717) is 5.92 Å². The third-order valence-corrected chi connectivity index (χ3v) is 2.71. The molecule has 0 radical (unpaired) electrons. The van der Waals surface area contributed by atoms with E-state index < -0.39 is 0 Å². The van der Waals surface area contributed by atoms with Crippen molar-refractivity contribution in [2.45, 2.75) is 25.9 Å². The van der Waals surface area contributed by atoms with Crippen molar-refractivity contribution >= 4 is 11.6 Å². The molecule has 0 saturated carbocycles. The van der Waals surface area contributed by atoms with Gasteiger partial charge in [-0.25, -0.2) is 0 Å². The fourth-order valence-corrected chi connectivity index (χ4v) is 1.73. The van der Waals surface area contributed by atoms with Gasteiger partial charge >= 0.3 is 0 Å². The summed E-state index contributed by atoms with van der Waals surface area (Å²) in [6.45, 7) is 4.39. The molecule has 1 saturated heterocycles. The molecule has 3 heteroatoms. The minimum atomic E-state index is 0.280. The second kappa shape index (κ2) is 5.79. The van der Waals surface area contributed by atoms with E-state index >= 15 is 0 Å². The Kier molecular flexibility index (Phi) is 4.96. The Morgan fingerprint density at radius 2 is 2.33 bits per heavy atom. The van der Waals surface area contributed by atoms with Crippen molar-refractivity contribution in [3.05, 3.63) is 0 Å². The van der Waals surface area contributed by atoms with Gasteiger partial charge in [0.1, 0.15) is 0 Å². The summed E-state index contributed by atoms with van der Waals surface area (Å²) in [7, 11) is 0. The highest BCUT2D eigenvalue weighted by molar-refractivity contribution is 6.18. The lowest BCUT2D eigenvalue weighted by Gasteiger charge is -2.25. The van der Waals surface area contributed by atoms with Crippen LogP contribution in [0.1, 0.15) is 19.8 Å². The smallest absolute Gasteiger partial charge is 0.0812 e. The standard InChI is InChI=1S/C9H17ClO2/c1-2-8(6-10)5-9-7-11-3-4-12-9/h8-9H,2-7H2,1H3. The second-order valence-electron chi connectivity index (χ2n) is 3.23. The molecule has 1 fully saturated rings. The molecule has 12 heavy (non-hydrogen) atoms. The third kappa shape index (κ3) is 3.30. The van der Waals surface area contributed by atoms with Gasteiger partial charge in [-0.05, 0) is 12.3 Å². The van der Waals surface area contributed by atoms with Crippen LogP contribution in [-0.2, 0) is 9.47 Å². The van der Waals surface area contributed by atoms with Crippen LogP contribution in [0.5, 0.6) is 0 Å². The first-order chi connectivity index (χ1) is 5.86. The molecule has 0 aromatic rings. The molecule has 0 aliphatic carbocycles. The van der Waals surface area contributed by atoms with Crippen LogP contribution in [0.3, 0.4) is 0 Å². The number of ether oxygens (including phenoxy) is 2. The number of hydrogen-bond acceptors (Lipinski definition) is 2. The zero-order chi connectivity index (χ0) is 8.81. The zero-order valence-corrected chi connectivity index (χ0v) is 8.35. The lowest BCUT2D eigenvalue weighted by atomic mass is 10.0. The minimum absolute atomic E-state index is 0.280. The first-order valence-corrected chi connectivity index (χ1v) is 5.15. The van der Waals surface area contributed by atoms with Crippen molar-refractivity contribution in [3.63, 3.8) is 0 Å². The lowest BCUT2D eigenvalue weighted by Crippen LogP contribution is -2.30. The highest BCUT2D eigenvalue weighted by Gasteiger charge is 2.18. The van der Waals surface area contributed by atoms with Crippen molar-refractivity contribution in [3.8, 4) is 0 Å². The summed E-state index contributed by atoms with van der Waals surface area (Å²) in [6.07, 6.45) is 2.45. The number of hydrogen-bond donors (Lipinski definition) is 0. The predicted molar refractivity (Wildman–Crippen MR) is 49.7 cm³/mol. The quantitative estimate of drug-likeness (QED) is 0.635. The molecule has 2 atom stereocenters. The normalized spacial score (nSPS) is 27.0. The molecule has 0 spiro atoms. The first-order valence-electron chi connectivity index (χ1n) is 4.62. The maximum Gasteiger partial charge on any atom is 0.0812 e.